The fraction of sp³-hybridized carbons (Fsp3) is 0.571. The first-order valence-electron chi connectivity index (χ1n) is 6.47. The first-order valence-corrected chi connectivity index (χ1v) is 6.47. The largest absolute Gasteiger partial charge is 0.508 e. The highest BCUT2D eigenvalue weighted by molar-refractivity contribution is 5.37. The fourth-order valence-corrected chi connectivity index (χ4v) is 2.33. The maximum Gasteiger partial charge on any atom is 0.416 e. The van der Waals surface area contributed by atoms with Gasteiger partial charge in [0.05, 0.1) is 5.56 Å². The van der Waals surface area contributed by atoms with Gasteiger partial charge in [0, 0.05) is 12.1 Å². The van der Waals surface area contributed by atoms with Crippen molar-refractivity contribution in [1.29, 1.82) is 0 Å². The number of hydrogen-bond acceptors (Lipinski definition) is 2. The molecule has 1 aromatic carbocycles. The lowest BCUT2D eigenvalue weighted by molar-refractivity contribution is -0.137. The van der Waals surface area contributed by atoms with Gasteiger partial charge in [0.2, 0.25) is 0 Å². The van der Waals surface area contributed by atoms with Gasteiger partial charge in [0.25, 0.3) is 0 Å². The van der Waals surface area contributed by atoms with Crippen LogP contribution in [0.15, 0.2) is 18.2 Å². The summed E-state index contributed by atoms with van der Waals surface area (Å²) in [7, 11) is 0. The summed E-state index contributed by atoms with van der Waals surface area (Å²) in [5.41, 5.74) is -0.247. The van der Waals surface area contributed by atoms with Crippen LogP contribution in [0.2, 0.25) is 0 Å². The molecule has 0 aromatic heterocycles. The van der Waals surface area contributed by atoms with Crippen molar-refractivity contribution in [2.24, 2.45) is 5.92 Å². The molecule has 2 rings (SSSR count). The zero-order chi connectivity index (χ0) is 14.0. The molecule has 0 saturated carbocycles. The van der Waals surface area contributed by atoms with Crippen LogP contribution in [0.1, 0.15) is 30.9 Å². The van der Waals surface area contributed by atoms with Gasteiger partial charge < -0.3 is 5.11 Å². The minimum atomic E-state index is -4.41. The molecule has 5 heteroatoms. The Hall–Kier alpha value is -1.23. The van der Waals surface area contributed by atoms with Gasteiger partial charge >= 0.3 is 6.18 Å². The van der Waals surface area contributed by atoms with Crippen molar-refractivity contribution in [3.8, 4) is 5.75 Å². The number of hydrogen-bond donors (Lipinski definition) is 1. The zero-order valence-electron chi connectivity index (χ0n) is 10.9. The number of benzene rings is 1. The van der Waals surface area contributed by atoms with Crippen LogP contribution in [-0.4, -0.2) is 23.1 Å². The van der Waals surface area contributed by atoms with Crippen molar-refractivity contribution in [3.63, 3.8) is 0 Å². The molecule has 1 aromatic rings. The molecule has 1 aliphatic heterocycles. The van der Waals surface area contributed by atoms with Crippen molar-refractivity contribution in [1.82, 2.24) is 4.90 Å². The van der Waals surface area contributed by atoms with Crippen molar-refractivity contribution >= 4 is 0 Å². The summed E-state index contributed by atoms with van der Waals surface area (Å²) in [6.07, 6.45) is -2.21. The molecule has 0 unspecified atom stereocenters. The Labute approximate surface area is 110 Å². The van der Waals surface area contributed by atoms with Gasteiger partial charge in [-0.2, -0.15) is 13.2 Å². The molecular formula is C14H18F3NO. The molecule has 0 aliphatic carbocycles. The predicted octanol–water partition coefficient (Wildman–Crippen LogP) is 3.64. The van der Waals surface area contributed by atoms with Crippen molar-refractivity contribution in [2.75, 3.05) is 13.1 Å². The topological polar surface area (TPSA) is 23.5 Å². The van der Waals surface area contributed by atoms with Crippen molar-refractivity contribution in [3.05, 3.63) is 29.3 Å². The quantitative estimate of drug-likeness (QED) is 0.889. The summed E-state index contributed by atoms with van der Waals surface area (Å²) in [6, 6.07) is 3.21. The highest BCUT2D eigenvalue weighted by atomic mass is 19.4. The van der Waals surface area contributed by atoms with Gasteiger partial charge in [-0.1, -0.05) is 13.0 Å². The maximum atomic E-state index is 12.5. The summed E-state index contributed by atoms with van der Waals surface area (Å²) in [5.74, 6) is 0.436. The summed E-state index contributed by atoms with van der Waals surface area (Å²) in [6.45, 7) is 4.58. The van der Waals surface area contributed by atoms with E-state index >= 15 is 0 Å². The number of likely N-dealkylation sites (tertiary alicyclic amines) is 1. The molecule has 1 aliphatic rings. The van der Waals surface area contributed by atoms with Crippen LogP contribution >= 0.6 is 0 Å². The van der Waals surface area contributed by atoms with Crippen LogP contribution in [0.4, 0.5) is 13.2 Å². The van der Waals surface area contributed by atoms with Gasteiger partial charge in [0.15, 0.2) is 0 Å². The Balaban J connectivity index is 2.05. The van der Waals surface area contributed by atoms with Crippen LogP contribution in [0.25, 0.3) is 0 Å². The minimum absolute atomic E-state index is 0.270. The van der Waals surface area contributed by atoms with Crippen LogP contribution in [-0.2, 0) is 12.7 Å². The molecule has 1 heterocycles. The molecule has 0 radical (unpaired) electrons. The second-order valence-electron chi connectivity index (χ2n) is 5.30. The van der Waals surface area contributed by atoms with E-state index < -0.39 is 11.7 Å². The molecule has 1 saturated heterocycles. The number of piperidine rings is 1. The first kappa shape index (κ1) is 14.2. The normalized spacial score (nSPS) is 18.7. The van der Waals surface area contributed by atoms with E-state index in [0.29, 0.717) is 18.0 Å². The molecule has 1 fully saturated rings. The third-order valence-corrected chi connectivity index (χ3v) is 3.68. The molecule has 0 spiro atoms. The van der Waals surface area contributed by atoms with Crippen LogP contribution in [0.3, 0.4) is 0 Å². The lowest BCUT2D eigenvalue weighted by Gasteiger charge is -2.30. The van der Waals surface area contributed by atoms with Crippen LogP contribution in [0.5, 0.6) is 5.75 Å². The van der Waals surface area contributed by atoms with E-state index in [4.69, 9.17) is 0 Å². The van der Waals surface area contributed by atoms with E-state index in [2.05, 4.69) is 11.8 Å². The van der Waals surface area contributed by atoms with E-state index in [1.807, 2.05) is 0 Å². The smallest absolute Gasteiger partial charge is 0.416 e. The summed E-state index contributed by atoms with van der Waals surface area (Å²) >= 11 is 0. The number of alkyl halides is 3. The Kier molecular flexibility index (Phi) is 4.04. The predicted molar refractivity (Wildman–Crippen MR) is 66.8 cm³/mol. The molecule has 1 N–H and O–H groups in total. The third kappa shape index (κ3) is 3.62. The Morgan fingerprint density at radius 2 is 1.89 bits per heavy atom. The zero-order valence-corrected chi connectivity index (χ0v) is 10.9. The SMILES string of the molecule is CC1CCN(Cc2ccc(C(F)(F)F)cc2O)CC1. The fourth-order valence-electron chi connectivity index (χ4n) is 2.33. The van der Waals surface area contributed by atoms with Crippen molar-refractivity contribution < 1.29 is 18.3 Å². The molecule has 0 atom stereocenters. The monoisotopic (exact) mass is 273 g/mol. The van der Waals surface area contributed by atoms with Gasteiger partial charge in [-0.15, -0.1) is 0 Å². The summed E-state index contributed by atoms with van der Waals surface area (Å²) in [5, 5.41) is 9.71. The average molecular weight is 273 g/mol. The third-order valence-electron chi connectivity index (χ3n) is 3.68. The molecular weight excluding hydrogens is 255 g/mol. The summed E-state index contributed by atoms with van der Waals surface area (Å²) in [4.78, 5) is 2.17. The van der Waals surface area contributed by atoms with Gasteiger partial charge in [-0.3, -0.25) is 4.90 Å². The number of aromatic hydroxyl groups is 1. The Morgan fingerprint density at radius 1 is 1.26 bits per heavy atom. The molecule has 106 valence electrons. The lowest BCUT2D eigenvalue weighted by Crippen LogP contribution is -2.32. The highest BCUT2D eigenvalue weighted by Crippen LogP contribution is 2.33. The second-order valence-corrected chi connectivity index (χ2v) is 5.30. The molecule has 0 bridgehead atoms. The van der Waals surface area contributed by atoms with Crippen molar-refractivity contribution in [2.45, 2.75) is 32.5 Å². The molecule has 19 heavy (non-hydrogen) atoms. The number of rotatable bonds is 2. The second kappa shape index (κ2) is 5.41. The standard InChI is InChI=1S/C14H18F3NO/c1-10-4-6-18(7-5-10)9-11-2-3-12(8-13(11)19)14(15,16)17/h2-3,8,10,19H,4-7,9H2,1H3. The van der Waals surface area contributed by atoms with Gasteiger partial charge in [0.1, 0.15) is 5.75 Å². The van der Waals surface area contributed by atoms with Gasteiger partial charge in [-0.05, 0) is 44.0 Å². The van der Waals surface area contributed by atoms with E-state index in [1.165, 1.54) is 6.07 Å². The lowest BCUT2D eigenvalue weighted by atomic mass is 9.98. The maximum absolute atomic E-state index is 12.5. The number of halogens is 3. The number of nitrogens with zero attached hydrogens (tertiary/aromatic N) is 1. The van der Waals surface area contributed by atoms with E-state index in [-0.39, 0.29) is 5.75 Å². The Bertz CT molecular complexity index is 437. The molecule has 2 nitrogen and oxygen atoms in total. The van der Waals surface area contributed by atoms with Crippen LogP contribution < -0.4 is 0 Å². The van der Waals surface area contributed by atoms with Crippen LogP contribution in [0, 0.1) is 5.92 Å². The Morgan fingerprint density at radius 3 is 2.42 bits per heavy atom. The van der Waals surface area contributed by atoms with E-state index in [9.17, 15) is 18.3 Å². The first-order chi connectivity index (χ1) is 8.86. The number of phenolic OH excluding ortho intramolecular Hbond substituents is 1. The summed E-state index contributed by atoms with van der Waals surface area (Å²) < 4.78 is 37.4. The number of phenols is 1. The minimum Gasteiger partial charge on any atom is -0.508 e. The molecule has 0 amide bonds. The van der Waals surface area contributed by atoms with E-state index in [1.54, 1.807) is 0 Å². The average Bonchev–Trinajstić information content (AvgIpc) is 2.33. The van der Waals surface area contributed by atoms with E-state index in [0.717, 1.165) is 38.1 Å². The van der Waals surface area contributed by atoms with Gasteiger partial charge in [-0.25, -0.2) is 0 Å². The highest BCUT2D eigenvalue weighted by Gasteiger charge is 2.31.